The Morgan fingerprint density at radius 1 is 1.24 bits per heavy atom. The van der Waals surface area contributed by atoms with Crippen LogP contribution in [0.1, 0.15) is 11.1 Å². The summed E-state index contributed by atoms with van der Waals surface area (Å²) < 4.78 is 18.3. The Labute approximate surface area is 149 Å². The summed E-state index contributed by atoms with van der Waals surface area (Å²) in [5.41, 5.74) is 1.63. The smallest absolute Gasteiger partial charge is 0.239 e. The van der Waals surface area contributed by atoms with Gasteiger partial charge in [0.2, 0.25) is 5.91 Å². The van der Waals surface area contributed by atoms with Crippen LogP contribution in [0.2, 0.25) is 0 Å². The number of benzene rings is 2. The van der Waals surface area contributed by atoms with Gasteiger partial charge in [0.25, 0.3) is 0 Å². The van der Waals surface area contributed by atoms with Gasteiger partial charge in [0.05, 0.1) is 25.6 Å². The van der Waals surface area contributed by atoms with Crippen molar-refractivity contribution in [1.82, 2.24) is 4.90 Å². The number of carbonyl (C=O) groups excluding carboxylic acids is 1. The molecule has 1 fully saturated rings. The molecule has 0 spiro atoms. The first kappa shape index (κ1) is 17.2. The third kappa shape index (κ3) is 4.24. The maximum absolute atomic E-state index is 13.0. The molecular weight excluding hydrogens is 341 g/mol. The topological polar surface area (TPSA) is 54.3 Å². The molecule has 5 nitrogen and oxygen atoms in total. The molecule has 0 saturated carbocycles. The second-order valence-electron chi connectivity index (χ2n) is 5.26. The third-order valence-corrected chi connectivity index (χ3v) is 4.54. The highest BCUT2D eigenvalue weighted by Crippen LogP contribution is 2.22. The summed E-state index contributed by atoms with van der Waals surface area (Å²) >= 11 is 1.33. The van der Waals surface area contributed by atoms with Crippen molar-refractivity contribution in [2.45, 2.75) is 6.54 Å². The number of ether oxygens (including phenoxy) is 1. The van der Waals surface area contributed by atoms with Gasteiger partial charge < -0.3 is 4.74 Å². The molecule has 3 rings (SSSR count). The van der Waals surface area contributed by atoms with E-state index in [2.05, 4.69) is 10.2 Å². The first-order valence-electron chi connectivity index (χ1n) is 7.59. The first-order chi connectivity index (χ1) is 12.2. The Balaban J connectivity index is 1.75. The summed E-state index contributed by atoms with van der Waals surface area (Å²) in [6, 6.07) is 13.5. The molecule has 1 aliphatic heterocycles. The molecule has 128 valence electrons. The first-order valence-corrected chi connectivity index (χ1v) is 8.57. The molecule has 1 amide bonds. The quantitative estimate of drug-likeness (QED) is 0.609. The molecule has 0 unspecified atom stereocenters. The van der Waals surface area contributed by atoms with E-state index in [0.717, 1.165) is 11.1 Å². The van der Waals surface area contributed by atoms with Gasteiger partial charge in [-0.1, -0.05) is 36.0 Å². The summed E-state index contributed by atoms with van der Waals surface area (Å²) in [5, 5.41) is 8.77. The summed E-state index contributed by atoms with van der Waals surface area (Å²) in [5.74, 6) is 0.677. The van der Waals surface area contributed by atoms with Crippen molar-refractivity contribution < 1.29 is 13.9 Å². The van der Waals surface area contributed by atoms with Crippen LogP contribution in [0.4, 0.5) is 4.39 Å². The number of halogens is 1. The average Bonchev–Trinajstić information content (AvgIpc) is 2.97. The lowest BCUT2D eigenvalue weighted by Crippen LogP contribution is -2.28. The molecule has 7 heteroatoms. The number of nitrogens with zero attached hydrogens (tertiary/aromatic N) is 3. The number of para-hydroxylation sites is 1. The lowest BCUT2D eigenvalue weighted by molar-refractivity contribution is -0.124. The van der Waals surface area contributed by atoms with Crippen LogP contribution in [0.15, 0.2) is 58.7 Å². The third-order valence-electron chi connectivity index (χ3n) is 3.59. The molecule has 0 aromatic heterocycles. The predicted molar refractivity (Wildman–Crippen MR) is 97.4 cm³/mol. The van der Waals surface area contributed by atoms with E-state index in [1.54, 1.807) is 30.4 Å². The normalized spacial score (nSPS) is 16.2. The van der Waals surface area contributed by atoms with E-state index in [-0.39, 0.29) is 11.7 Å². The lowest BCUT2D eigenvalue weighted by atomic mass is 10.2. The number of amidine groups is 1. The average molecular weight is 357 g/mol. The minimum Gasteiger partial charge on any atom is -0.496 e. The fourth-order valence-electron chi connectivity index (χ4n) is 2.31. The van der Waals surface area contributed by atoms with Crippen LogP contribution in [0.5, 0.6) is 5.75 Å². The molecule has 1 saturated heterocycles. The van der Waals surface area contributed by atoms with E-state index in [9.17, 15) is 9.18 Å². The van der Waals surface area contributed by atoms with E-state index in [0.29, 0.717) is 23.2 Å². The van der Waals surface area contributed by atoms with Crippen molar-refractivity contribution in [2.24, 2.45) is 10.2 Å². The maximum atomic E-state index is 13.0. The van der Waals surface area contributed by atoms with Gasteiger partial charge in [-0.3, -0.25) is 9.69 Å². The van der Waals surface area contributed by atoms with Crippen LogP contribution < -0.4 is 4.74 Å². The van der Waals surface area contributed by atoms with Crippen LogP contribution in [-0.4, -0.2) is 35.1 Å². The Morgan fingerprint density at radius 2 is 2.00 bits per heavy atom. The van der Waals surface area contributed by atoms with Crippen LogP contribution in [-0.2, 0) is 11.3 Å². The van der Waals surface area contributed by atoms with Gasteiger partial charge >= 0.3 is 0 Å². The number of carbonyl (C=O) groups is 1. The molecule has 0 radical (unpaired) electrons. The molecule has 2 aromatic carbocycles. The Hall–Kier alpha value is -2.67. The summed E-state index contributed by atoms with van der Waals surface area (Å²) in [7, 11) is 1.59. The number of hydrogen-bond donors (Lipinski definition) is 0. The largest absolute Gasteiger partial charge is 0.496 e. The van der Waals surface area contributed by atoms with Gasteiger partial charge in [0, 0.05) is 5.56 Å². The highest BCUT2D eigenvalue weighted by atomic mass is 32.2. The minimum absolute atomic E-state index is 0.0411. The second kappa shape index (κ2) is 7.94. The van der Waals surface area contributed by atoms with Crippen LogP contribution >= 0.6 is 11.8 Å². The van der Waals surface area contributed by atoms with Crippen molar-refractivity contribution in [1.29, 1.82) is 0 Å². The van der Waals surface area contributed by atoms with Crippen molar-refractivity contribution in [3.8, 4) is 5.75 Å². The van der Waals surface area contributed by atoms with Crippen molar-refractivity contribution in [3.63, 3.8) is 0 Å². The minimum atomic E-state index is -0.304. The Bertz CT molecular complexity index is 821. The number of methoxy groups -OCH3 is 1. The zero-order chi connectivity index (χ0) is 17.6. The summed E-state index contributed by atoms with van der Waals surface area (Å²) in [6.07, 6.45) is 1.59. The van der Waals surface area contributed by atoms with E-state index < -0.39 is 0 Å². The number of amides is 1. The summed E-state index contributed by atoms with van der Waals surface area (Å²) in [6.45, 7) is 0.342. The standard InChI is InChI=1S/C18H16FN3O2S/c1-24-16-5-3-2-4-14(16)10-20-21-18-22(17(23)12-25-18)11-13-6-8-15(19)9-7-13/h2-10H,11-12H2,1H3/b20-10+,21-18-. The second-order valence-corrected chi connectivity index (χ2v) is 6.21. The van der Waals surface area contributed by atoms with E-state index >= 15 is 0 Å². The molecule has 2 aromatic rings. The predicted octanol–water partition coefficient (Wildman–Crippen LogP) is 3.30. The fraction of sp³-hybridized carbons (Fsp3) is 0.167. The SMILES string of the molecule is COc1ccccc1/C=N/N=C1\SCC(=O)N1Cc1ccc(F)cc1. The van der Waals surface area contributed by atoms with Crippen molar-refractivity contribution in [2.75, 3.05) is 12.9 Å². The van der Waals surface area contributed by atoms with E-state index in [1.807, 2.05) is 24.3 Å². The molecule has 0 aliphatic carbocycles. The molecule has 1 aliphatic rings. The Morgan fingerprint density at radius 3 is 2.76 bits per heavy atom. The molecule has 25 heavy (non-hydrogen) atoms. The molecule has 0 atom stereocenters. The van der Waals surface area contributed by atoms with Gasteiger partial charge in [-0.25, -0.2) is 4.39 Å². The van der Waals surface area contributed by atoms with Crippen molar-refractivity contribution >= 4 is 29.1 Å². The van der Waals surface area contributed by atoms with Gasteiger partial charge in [-0.2, -0.15) is 5.10 Å². The van der Waals surface area contributed by atoms with E-state index in [1.165, 1.54) is 23.9 Å². The monoisotopic (exact) mass is 357 g/mol. The van der Waals surface area contributed by atoms with Gasteiger partial charge in [0.15, 0.2) is 5.17 Å². The number of hydrogen-bond acceptors (Lipinski definition) is 5. The van der Waals surface area contributed by atoms with Gasteiger partial charge in [0.1, 0.15) is 11.6 Å². The fourth-order valence-corrected chi connectivity index (χ4v) is 3.15. The van der Waals surface area contributed by atoms with E-state index in [4.69, 9.17) is 4.74 Å². The molecule has 0 bridgehead atoms. The number of rotatable bonds is 5. The zero-order valence-corrected chi connectivity index (χ0v) is 14.4. The maximum Gasteiger partial charge on any atom is 0.239 e. The molecule has 1 heterocycles. The highest BCUT2D eigenvalue weighted by Gasteiger charge is 2.28. The number of thioether (sulfide) groups is 1. The zero-order valence-electron chi connectivity index (χ0n) is 13.6. The van der Waals surface area contributed by atoms with Gasteiger partial charge in [-0.05, 0) is 29.8 Å². The van der Waals surface area contributed by atoms with Crippen LogP contribution in [0.3, 0.4) is 0 Å². The highest BCUT2D eigenvalue weighted by molar-refractivity contribution is 8.15. The van der Waals surface area contributed by atoms with Crippen molar-refractivity contribution in [3.05, 3.63) is 65.5 Å². The molecule has 0 N–H and O–H groups in total. The lowest BCUT2D eigenvalue weighted by Gasteiger charge is -2.15. The summed E-state index contributed by atoms with van der Waals surface area (Å²) in [4.78, 5) is 13.6. The van der Waals surface area contributed by atoms with Gasteiger partial charge in [-0.15, -0.1) is 5.10 Å². The van der Waals surface area contributed by atoms with Crippen LogP contribution in [0, 0.1) is 5.82 Å². The Kier molecular flexibility index (Phi) is 5.45. The van der Waals surface area contributed by atoms with Crippen LogP contribution in [0.25, 0.3) is 0 Å². The molecular formula is C18H16FN3O2S.